The molecule has 1 saturated heterocycles. The van der Waals surface area contributed by atoms with Crippen LogP contribution < -0.4 is 5.69 Å². The first-order valence-electron chi connectivity index (χ1n) is 8.34. The topological polar surface area (TPSA) is 72.6 Å². The van der Waals surface area contributed by atoms with Crippen molar-refractivity contribution in [3.63, 3.8) is 0 Å². The van der Waals surface area contributed by atoms with E-state index in [4.69, 9.17) is 4.74 Å². The van der Waals surface area contributed by atoms with Crippen LogP contribution in [0, 0.1) is 0 Å². The summed E-state index contributed by atoms with van der Waals surface area (Å²) >= 11 is 0. The van der Waals surface area contributed by atoms with Gasteiger partial charge in [0.25, 0.3) is 0 Å². The number of aromatic nitrogens is 3. The van der Waals surface area contributed by atoms with Gasteiger partial charge in [0.2, 0.25) is 5.91 Å². The van der Waals surface area contributed by atoms with Crippen molar-refractivity contribution in [1.82, 2.24) is 24.1 Å². The quantitative estimate of drug-likeness (QED) is 0.707. The number of carbonyl (C=O) groups excluding carboxylic acids is 1. The lowest BCUT2D eigenvalue weighted by Crippen LogP contribution is -2.50. The van der Waals surface area contributed by atoms with Crippen LogP contribution in [0.3, 0.4) is 0 Å². The third kappa shape index (κ3) is 3.64. The molecule has 3 rings (SSSR count). The fourth-order valence-electron chi connectivity index (χ4n) is 3.27. The molecule has 0 aliphatic carbocycles. The number of piperazine rings is 1. The number of hydrogen-bond acceptors (Lipinski definition) is 5. The number of nitrogens with zero attached hydrogens (tertiary/aromatic N) is 5. The van der Waals surface area contributed by atoms with Crippen molar-refractivity contribution >= 4 is 5.91 Å². The number of rotatable bonds is 5. The van der Waals surface area contributed by atoms with Crippen LogP contribution in [-0.4, -0.2) is 76.5 Å². The van der Waals surface area contributed by atoms with Crippen molar-refractivity contribution < 1.29 is 9.53 Å². The zero-order valence-electron chi connectivity index (χ0n) is 13.7. The highest BCUT2D eigenvalue weighted by Gasteiger charge is 2.21. The minimum atomic E-state index is 0.0219. The zero-order chi connectivity index (χ0) is 16.2. The Morgan fingerprint density at radius 3 is 2.61 bits per heavy atom. The monoisotopic (exact) mass is 323 g/mol. The van der Waals surface area contributed by atoms with Crippen molar-refractivity contribution in [2.45, 2.75) is 32.4 Å². The number of ether oxygens (including phenoxy) is 1. The minimum absolute atomic E-state index is 0.0219. The van der Waals surface area contributed by atoms with E-state index in [1.54, 1.807) is 4.68 Å². The lowest BCUT2D eigenvalue weighted by atomic mass is 10.2. The van der Waals surface area contributed by atoms with Crippen LogP contribution in [0.2, 0.25) is 0 Å². The Hall–Kier alpha value is -1.67. The van der Waals surface area contributed by atoms with Gasteiger partial charge in [0.1, 0.15) is 12.4 Å². The molecule has 1 fully saturated rings. The molecule has 3 heterocycles. The molecule has 0 saturated carbocycles. The van der Waals surface area contributed by atoms with Crippen LogP contribution >= 0.6 is 0 Å². The highest BCUT2D eigenvalue weighted by molar-refractivity contribution is 5.77. The molecule has 2 aliphatic rings. The van der Waals surface area contributed by atoms with Crippen LogP contribution in [0.5, 0.6) is 0 Å². The Bertz CT molecular complexity index is 601. The maximum Gasteiger partial charge on any atom is 0.345 e. The number of hydrogen-bond donors (Lipinski definition) is 0. The summed E-state index contributed by atoms with van der Waals surface area (Å²) in [4.78, 5) is 28.2. The van der Waals surface area contributed by atoms with Crippen molar-refractivity contribution in [2.75, 3.05) is 46.4 Å². The third-order valence-corrected chi connectivity index (χ3v) is 4.65. The van der Waals surface area contributed by atoms with Gasteiger partial charge in [0.15, 0.2) is 0 Å². The summed E-state index contributed by atoms with van der Waals surface area (Å²) in [7, 11) is 1.54. The van der Waals surface area contributed by atoms with E-state index in [0.717, 1.165) is 64.4 Å². The molecule has 0 unspecified atom stereocenters. The van der Waals surface area contributed by atoms with Gasteiger partial charge >= 0.3 is 5.69 Å². The summed E-state index contributed by atoms with van der Waals surface area (Å²) in [6.07, 6.45) is 3.09. The highest BCUT2D eigenvalue weighted by atomic mass is 16.5. The van der Waals surface area contributed by atoms with Crippen LogP contribution in [0.15, 0.2) is 4.79 Å². The summed E-state index contributed by atoms with van der Waals surface area (Å²) < 4.78 is 8.30. The summed E-state index contributed by atoms with van der Waals surface area (Å²) in [5.41, 5.74) is 0.0219. The predicted molar refractivity (Wildman–Crippen MR) is 84.3 cm³/mol. The molecule has 2 aliphatic heterocycles. The van der Waals surface area contributed by atoms with Gasteiger partial charge in [-0.05, 0) is 12.8 Å². The summed E-state index contributed by atoms with van der Waals surface area (Å²) in [6.45, 7) is 5.46. The lowest BCUT2D eigenvalue weighted by Gasteiger charge is -2.34. The first-order valence-corrected chi connectivity index (χ1v) is 8.34. The van der Waals surface area contributed by atoms with E-state index < -0.39 is 0 Å². The van der Waals surface area contributed by atoms with E-state index in [-0.39, 0.29) is 18.2 Å². The van der Waals surface area contributed by atoms with E-state index >= 15 is 0 Å². The van der Waals surface area contributed by atoms with Gasteiger partial charge in [-0.2, -0.15) is 5.10 Å². The second kappa shape index (κ2) is 7.27. The second-order valence-electron chi connectivity index (χ2n) is 6.19. The average molecular weight is 323 g/mol. The molecule has 1 aromatic rings. The number of methoxy groups -OCH3 is 1. The molecule has 0 aromatic carbocycles. The van der Waals surface area contributed by atoms with Gasteiger partial charge in [-0.25, -0.2) is 9.48 Å². The summed E-state index contributed by atoms with van der Waals surface area (Å²) in [6, 6.07) is 0. The normalized spacial score (nSPS) is 18.9. The molecule has 0 atom stereocenters. The number of aryl methyl sites for hydroxylation is 1. The van der Waals surface area contributed by atoms with Crippen molar-refractivity contribution in [2.24, 2.45) is 0 Å². The lowest BCUT2D eigenvalue weighted by molar-refractivity contribution is -0.136. The first kappa shape index (κ1) is 16.2. The van der Waals surface area contributed by atoms with Crippen LogP contribution in [-0.2, 0) is 29.0 Å². The van der Waals surface area contributed by atoms with E-state index in [0.29, 0.717) is 6.54 Å². The van der Waals surface area contributed by atoms with E-state index in [1.165, 1.54) is 7.11 Å². The molecule has 1 amide bonds. The van der Waals surface area contributed by atoms with Crippen molar-refractivity contribution in [3.05, 3.63) is 16.3 Å². The molecule has 1 aromatic heterocycles. The predicted octanol–water partition coefficient (Wildman–Crippen LogP) is -0.828. The number of carbonyl (C=O) groups is 1. The molecule has 0 radical (unpaired) electrons. The summed E-state index contributed by atoms with van der Waals surface area (Å²) in [5, 5.41) is 4.46. The minimum Gasteiger partial charge on any atom is -0.375 e. The van der Waals surface area contributed by atoms with E-state index in [2.05, 4.69) is 10.00 Å². The SMILES string of the molecule is COCC(=O)N1CCN(CCn2nc3n(c2=O)CCCC3)CC1. The summed E-state index contributed by atoms with van der Waals surface area (Å²) in [5.74, 6) is 0.973. The van der Waals surface area contributed by atoms with E-state index in [9.17, 15) is 9.59 Å². The molecule has 128 valence electrons. The Labute approximate surface area is 135 Å². The first-order chi connectivity index (χ1) is 11.2. The number of fused-ring (bicyclic) bond motifs is 1. The molecule has 0 bridgehead atoms. The van der Waals surface area contributed by atoms with Gasteiger partial charge < -0.3 is 9.64 Å². The average Bonchev–Trinajstić information content (AvgIpc) is 2.90. The number of amides is 1. The second-order valence-corrected chi connectivity index (χ2v) is 6.19. The fourth-order valence-corrected chi connectivity index (χ4v) is 3.27. The van der Waals surface area contributed by atoms with Gasteiger partial charge in [0, 0.05) is 52.8 Å². The van der Waals surface area contributed by atoms with Gasteiger partial charge in [0.05, 0.1) is 6.54 Å². The smallest absolute Gasteiger partial charge is 0.345 e. The molecule has 0 N–H and O–H groups in total. The molecule has 23 heavy (non-hydrogen) atoms. The maximum absolute atomic E-state index is 12.3. The molecular formula is C15H25N5O3. The van der Waals surface area contributed by atoms with Gasteiger partial charge in [-0.1, -0.05) is 0 Å². The fraction of sp³-hybridized carbons (Fsp3) is 0.800. The molecular weight excluding hydrogens is 298 g/mol. The Balaban J connectivity index is 1.50. The van der Waals surface area contributed by atoms with E-state index in [1.807, 2.05) is 9.47 Å². The van der Waals surface area contributed by atoms with Crippen molar-refractivity contribution in [1.29, 1.82) is 0 Å². The largest absolute Gasteiger partial charge is 0.375 e. The van der Waals surface area contributed by atoms with Crippen LogP contribution in [0.4, 0.5) is 0 Å². The van der Waals surface area contributed by atoms with Gasteiger partial charge in [-0.3, -0.25) is 14.3 Å². The third-order valence-electron chi connectivity index (χ3n) is 4.65. The Morgan fingerprint density at radius 1 is 1.13 bits per heavy atom. The van der Waals surface area contributed by atoms with Crippen LogP contribution in [0.1, 0.15) is 18.7 Å². The van der Waals surface area contributed by atoms with Crippen molar-refractivity contribution in [3.8, 4) is 0 Å². The molecule has 8 heteroatoms. The molecule has 0 spiro atoms. The highest BCUT2D eigenvalue weighted by Crippen LogP contribution is 2.09. The Kier molecular flexibility index (Phi) is 5.12. The zero-order valence-corrected chi connectivity index (χ0v) is 13.7. The maximum atomic E-state index is 12.3. The van der Waals surface area contributed by atoms with Crippen LogP contribution in [0.25, 0.3) is 0 Å². The standard InChI is InChI=1S/C15H25N5O3/c1-23-12-14(21)18-9-6-17(7-10-18)8-11-20-15(22)19-5-3-2-4-13(19)16-20/h2-12H2,1H3. The molecule has 8 nitrogen and oxygen atoms in total. The van der Waals surface area contributed by atoms with Gasteiger partial charge in [-0.15, -0.1) is 0 Å². The Morgan fingerprint density at radius 2 is 1.91 bits per heavy atom.